The summed E-state index contributed by atoms with van der Waals surface area (Å²) in [5, 5.41) is 7.79. The Bertz CT molecular complexity index is 819. The van der Waals surface area contributed by atoms with Crippen LogP contribution in [-0.2, 0) is 6.54 Å². The van der Waals surface area contributed by atoms with Gasteiger partial charge >= 0.3 is 0 Å². The standard InChI is InChI=1S/C13H12Cl2N6O/c1-21(2)13-19-12(22-20-13)6-17-11-5-16-9-3-7(14)8(15)4-10(9)18-11/h3-5H,6H2,1-2H3,(H,17,18). The molecule has 0 saturated carbocycles. The Morgan fingerprint density at radius 3 is 2.55 bits per heavy atom. The topological polar surface area (TPSA) is 80.0 Å². The number of hydrogen-bond donors (Lipinski definition) is 1. The van der Waals surface area contributed by atoms with Gasteiger partial charge in [0.25, 0.3) is 5.95 Å². The first-order valence-corrected chi connectivity index (χ1v) is 7.14. The second-order valence-corrected chi connectivity index (χ2v) is 5.56. The summed E-state index contributed by atoms with van der Waals surface area (Å²) in [5.41, 5.74) is 1.33. The molecule has 0 bridgehead atoms. The van der Waals surface area contributed by atoms with Gasteiger partial charge in [-0.25, -0.2) is 4.98 Å². The zero-order valence-corrected chi connectivity index (χ0v) is 13.4. The Morgan fingerprint density at radius 1 is 1.14 bits per heavy atom. The Kier molecular flexibility index (Phi) is 4.00. The van der Waals surface area contributed by atoms with Crippen LogP contribution in [0.2, 0.25) is 10.0 Å². The first-order valence-electron chi connectivity index (χ1n) is 6.38. The van der Waals surface area contributed by atoms with Gasteiger partial charge in [0.05, 0.1) is 33.8 Å². The summed E-state index contributed by atoms with van der Waals surface area (Å²) in [6.07, 6.45) is 1.61. The fourth-order valence-corrected chi connectivity index (χ4v) is 2.07. The zero-order valence-electron chi connectivity index (χ0n) is 11.8. The first-order chi connectivity index (χ1) is 10.5. The molecule has 3 aromatic rings. The van der Waals surface area contributed by atoms with Crippen LogP contribution in [0.25, 0.3) is 11.0 Å². The smallest absolute Gasteiger partial charge is 0.265 e. The van der Waals surface area contributed by atoms with Crippen molar-refractivity contribution in [2.75, 3.05) is 24.3 Å². The van der Waals surface area contributed by atoms with E-state index in [9.17, 15) is 0 Å². The van der Waals surface area contributed by atoms with Crippen LogP contribution >= 0.6 is 23.2 Å². The van der Waals surface area contributed by atoms with Crippen LogP contribution in [0.4, 0.5) is 11.8 Å². The van der Waals surface area contributed by atoms with Gasteiger partial charge < -0.3 is 14.7 Å². The third kappa shape index (κ3) is 3.05. The average Bonchev–Trinajstić information content (AvgIpc) is 2.95. The lowest BCUT2D eigenvalue weighted by Crippen LogP contribution is -2.10. The normalized spacial score (nSPS) is 10.9. The molecule has 0 saturated heterocycles. The lowest BCUT2D eigenvalue weighted by atomic mass is 10.3. The highest BCUT2D eigenvalue weighted by atomic mass is 35.5. The van der Waals surface area contributed by atoms with E-state index >= 15 is 0 Å². The number of nitrogens with zero attached hydrogens (tertiary/aromatic N) is 5. The van der Waals surface area contributed by atoms with Gasteiger partial charge in [-0.2, -0.15) is 4.98 Å². The van der Waals surface area contributed by atoms with Crippen molar-refractivity contribution in [3.8, 4) is 0 Å². The molecule has 0 amide bonds. The fraction of sp³-hybridized carbons (Fsp3) is 0.231. The summed E-state index contributed by atoms with van der Waals surface area (Å²) >= 11 is 11.9. The molecule has 7 nitrogen and oxygen atoms in total. The molecule has 0 fully saturated rings. The molecule has 0 unspecified atom stereocenters. The molecule has 0 aliphatic rings. The molecular weight excluding hydrogens is 327 g/mol. The molecule has 0 aliphatic heterocycles. The highest BCUT2D eigenvalue weighted by molar-refractivity contribution is 6.42. The van der Waals surface area contributed by atoms with Gasteiger partial charge in [0, 0.05) is 14.1 Å². The van der Waals surface area contributed by atoms with E-state index in [2.05, 4.69) is 25.4 Å². The van der Waals surface area contributed by atoms with Crippen molar-refractivity contribution < 1.29 is 4.52 Å². The molecule has 0 spiro atoms. The summed E-state index contributed by atoms with van der Waals surface area (Å²) in [6.45, 7) is 0.350. The molecule has 1 aromatic carbocycles. The molecule has 0 radical (unpaired) electrons. The van der Waals surface area contributed by atoms with E-state index in [1.165, 1.54) is 0 Å². The van der Waals surface area contributed by atoms with E-state index in [4.69, 9.17) is 27.7 Å². The Morgan fingerprint density at radius 2 is 1.86 bits per heavy atom. The Hall–Kier alpha value is -2.12. The predicted octanol–water partition coefficient (Wildman–Crippen LogP) is 3.00. The summed E-state index contributed by atoms with van der Waals surface area (Å²) < 4.78 is 5.12. The predicted molar refractivity (Wildman–Crippen MR) is 85.5 cm³/mol. The molecule has 0 atom stereocenters. The van der Waals surface area contributed by atoms with Crippen molar-refractivity contribution >= 4 is 46.0 Å². The quantitative estimate of drug-likeness (QED) is 0.783. The zero-order chi connectivity index (χ0) is 15.7. The van der Waals surface area contributed by atoms with E-state index in [-0.39, 0.29) is 0 Å². The molecule has 114 valence electrons. The summed E-state index contributed by atoms with van der Waals surface area (Å²) in [6, 6.07) is 3.35. The van der Waals surface area contributed by atoms with Crippen molar-refractivity contribution in [3.05, 3.63) is 34.3 Å². The van der Waals surface area contributed by atoms with Crippen LogP contribution in [0.15, 0.2) is 22.9 Å². The maximum atomic E-state index is 5.99. The van der Waals surface area contributed by atoms with Crippen molar-refractivity contribution in [3.63, 3.8) is 0 Å². The van der Waals surface area contributed by atoms with E-state index in [0.29, 0.717) is 45.3 Å². The molecule has 2 heterocycles. The lowest BCUT2D eigenvalue weighted by molar-refractivity contribution is 0.383. The van der Waals surface area contributed by atoms with E-state index < -0.39 is 0 Å². The molecular formula is C13H12Cl2N6O. The number of rotatable bonds is 4. The molecule has 9 heteroatoms. The average molecular weight is 339 g/mol. The van der Waals surface area contributed by atoms with Crippen molar-refractivity contribution in [1.29, 1.82) is 0 Å². The minimum absolute atomic E-state index is 0.350. The van der Waals surface area contributed by atoms with Crippen LogP contribution in [0, 0.1) is 0 Å². The Balaban J connectivity index is 1.77. The number of nitrogens with one attached hydrogen (secondary N) is 1. The second-order valence-electron chi connectivity index (χ2n) is 4.75. The van der Waals surface area contributed by atoms with Crippen LogP contribution < -0.4 is 10.2 Å². The highest BCUT2D eigenvalue weighted by Gasteiger charge is 2.09. The summed E-state index contributed by atoms with van der Waals surface area (Å²) in [5.74, 6) is 1.55. The van der Waals surface area contributed by atoms with Crippen LogP contribution in [0.1, 0.15) is 5.89 Å². The van der Waals surface area contributed by atoms with Gasteiger partial charge in [-0.05, 0) is 17.3 Å². The molecule has 0 aliphatic carbocycles. The highest BCUT2D eigenvalue weighted by Crippen LogP contribution is 2.26. The number of fused-ring (bicyclic) bond motifs is 1. The van der Waals surface area contributed by atoms with Crippen LogP contribution in [0.5, 0.6) is 0 Å². The van der Waals surface area contributed by atoms with Crippen LogP contribution in [-0.4, -0.2) is 34.2 Å². The van der Waals surface area contributed by atoms with Gasteiger partial charge in [-0.15, -0.1) is 0 Å². The van der Waals surface area contributed by atoms with Crippen molar-refractivity contribution in [2.24, 2.45) is 0 Å². The number of hydrogen-bond acceptors (Lipinski definition) is 7. The third-order valence-electron chi connectivity index (χ3n) is 2.86. The van der Waals surface area contributed by atoms with Crippen molar-refractivity contribution in [2.45, 2.75) is 6.54 Å². The summed E-state index contributed by atoms with van der Waals surface area (Å²) in [4.78, 5) is 14.7. The second kappa shape index (κ2) is 5.94. The SMILES string of the molecule is CN(C)c1noc(CNc2cnc3cc(Cl)c(Cl)cc3n2)n1. The van der Waals surface area contributed by atoms with E-state index in [1.54, 1.807) is 23.2 Å². The molecule has 3 rings (SSSR count). The Labute approximate surface area is 136 Å². The number of halogens is 2. The van der Waals surface area contributed by atoms with Gasteiger partial charge in [0.15, 0.2) is 0 Å². The molecule has 22 heavy (non-hydrogen) atoms. The van der Waals surface area contributed by atoms with Gasteiger partial charge in [0.2, 0.25) is 5.89 Å². The van der Waals surface area contributed by atoms with E-state index in [1.807, 2.05) is 14.1 Å². The number of anilines is 2. The molecule has 1 N–H and O–H groups in total. The number of benzene rings is 1. The summed E-state index contributed by atoms with van der Waals surface area (Å²) in [7, 11) is 3.68. The maximum Gasteiger partial charge on any atom is 0.265 e. The minimum Gasteiger partial charge on any atom is -0.360 e. The monoisotopic (exact) mass is 338 g/mol. The molecule has 2 aromatic heterocycles. The fourth-order valence-electron chi connectivity index (χ4n) is 1.76. The lowest BCUT2D eigenvalue weighted by Gasteiger charge is -2.05. The third-order valence-corrected chi connectivity index (χ3v) is 3.58. The number of aromatic nitrogens is 4. The largest absolute Gasteiger partial charge is 0.360 e. The van der Waals surface area contributed by atoms with E-state index in [0.717, 1.165) is 0 Å². The van der Waals surface area contributed by atoms with Crippen molar-refractivity contribution in [1.82, 2.24) is 20.1 Å². The first kappa shape index (κ1) is 14.8. The van der Waals surface area contributed by atoms with Gasteiger partial charge in [-0.1, -0.05) is 23.2 Å². The van der Waals surface area contributed by atoms with Crippen LogP contribution in [0.3, 0.4) is 0 Å². The van der Waals surface area contributed by atoms with Gasteiger partial charge in [-0.3, -0.25) is 4.98 Å². The minimum atomic E-state index is 0.350. The maximum absolute atomic E-state index is 5.99. The van der Waals surface area contributed by atoms with Gasteiger partial charge in [0.1, 0.15) is 5.82 Å².